The molecular formula is C15H22N2. The second-order valence-electron chi connectivity index (χ2n) is 5.66. The maximum atomic E-state index is 3.55. The Kier molecular flexibility index (Phi) is 2.83. The lowest BCUT2D eigenvalue weighted by Gasteiger charge is -2.28. The van der Waals surface area contributed by atoms with Crippen molar-refractivity contribution in [1.29, 1.82) is 0 Å². The van der Waals surface area contributed by atoms with Crippen LogP contribution in [0.4, 0.5) is 5.69 Å². The summed E-state index contributed by atoms with van der Waals surface area (Å²) in [5.74, 6) is 0.725. The number of nitrogens with one attached hydrogen (secondary N) is 1. The maximum absolute atomic E-state index is 3.55. The molecule has 3 rings (SSSR count). The summed E-state index contributed by atoms with van der Waals surface area (Å²) in [6.45, 7) is 4.64. The SMILES string of the molecule is CC1CC(c2ccc3c(c2)CCCN3C)CN1. The van der Waals surface area contributed by atoms with Crippen molar-refractivity contribution in [3.8, 4) is 0 Å². The molecule has 0 bridgehead atoms. The number of benzene rings is 1. The normalized spacial score (nSPS) is 28.2. The zero-order valence-corrected chi connectivity index (χ0v) is 10.9. The van der Waals surface area contributed by atoms with Gasteiger partial charge in [-0.25, -0.2) is 0 Å². The molecule has 2 unspecified atom stereocenters. The fourth-order valence-corrected chi connectivity index (χ4v) is 3.25. The molecule has 0 radical (unpaired) electrons. The van der Waals surface area contributed by atoms with E-state index >= 15 is 0 Å². The van der Waals surface area contributed by atoms with Crippen molar-refractivity contribution < 1.29 is 0 Å². The Morgan fingerprint density at radius 1 is 1.35 bits per heavy atom. The molecule has 17 heavy (non-hydrogen) atoms. The number of aryl methyl sites for hydroxylation is 1. The molecule has 2 heteroatoms. The van der Waals surface area contributed by atoms with Crippen LogP contribution in [0.15, 0.2) is 18.2 Å². The number of fused-ring (bicyclic) bond motifs is 1. The van der Waals surface area contributed by atoms with E-state index in [0.717, 1.165) is 12.5 Å². The van der Waals surface area contributed by atoms with Gasteiger partial charge in [0, 0.05) is 31.9 Å². The highest BCUT2D eigenvalue weighted by molar-refractivity contribution is 5.56. The minimum atomic E-state index is 0.679. The first-order valence-corrected chi connectivity index (χ1v) is 6.81. The molecule has 1 aromatic carbocycles. The smallest absolute Gasteiger partial charge is 0.0396 e. The van der Waals surface area contributed by atoms with E-state index in [-0.39, 0.29) is 0 Å². The van der Waals surface area contributed by atoms with E-state index in [1.807, 2.05) is 0 Å². The quantitative estimate of drug-likeness (QED) is 0.797. The molecule has 1 aromatic rings. The highest BCUT2D eigenvalue weighted by atomic mass is 15.1. The zero-order chi connectivity index (χ0) is 11.8. The fraction of sp³-hybridized carbons (Fsp3) is 0.600. The van der Waals surface area contributed by atoms with Crippen LogP contribution < -0.4 is 10.2 Å². The predicted octanol–water partition coefficient (Wildman–Crippen LogP) is 2.53. The Bertz CT molecular complexity index is 413. The van der Waals surface area contributed by atoms with E-state index in [1.54, 1.807) is 5.56 Å². The van der Waals surface area contributed by atoms with Gasteiger partial charge in [0.15, 0.2) is 0 Å². The van der Waals surface area contributed by atoms with E-state index in [1.165, 1.54) is 37.1 Å². The minimum Gasteiger partial charge on any atom is -0.374 e. The van der Waals surface area contributed by atoms with E-state index in [9.17, 15) is 0 Å². The van der Waals surface area contributed by atoms with Gasteiger partial charge in [0.25, 0.3) is 0 Å². The Balaban J connectivity index is 1.88. The van der Waals surface area contributed by atoms with Gasteiger partial charge in [-0.15, -0.1) is 0 Å². The lowest BCUT2D eigenvalue weighted by Crippen LogP contribution is -2.24. The minimum absolute atomic E-state index is 0.679. The molecule has 0 saturated carbocycles. The second-order valence-corrected chi connectivity index (χ2v) is 5.66. The van der Waals surface area contributed by atoms with Crippen LogP contribution in [-0.4, -0.2) is 26.2 Å². The maximum Gasteiger partial charge on any atom is 0.0396 e. The zero-order valence-electron chi connectivity index (χ0n) is 10.9. The molecule has 2 aliphatic heterocycles. The molecule has 92 valence electrons. The average molecular weight is 230 g/mol. The lowest BCUT2D eigenvalue weighted by atomic mass is 9.92. The Labute approximate surface area is 104 Å². The lowest BCUT2D eigenvalue weighted by molar-refractivity contribution is 0.658. The van der Waals surface area contributed by atoms with Crippen molar-refractivity contribution in [2.45, 2.75) is 38.1 Å². The fourth-order valence-electron chi connectivity index (χ4n) is 3.25. The summed E-state index contributed by atoms with van der Waals surface area (Å²) in [6.07, 6.45) is 3.84. The number of anilines is 1. The van der Waals surface area contributed by atoms with Crippen molar-refractivity contribution in [2.24, 2.45) is 0 Å². The number of hydrogen-bond acceptors (Lipinski definition) is 2. The third-order valence-electron chi connectivity index (χ3n) is 4.28. The van der Waals surface area contributed by atoms with Crippen LogP contribution in [0.5, 0.6) is 0 Å². The van der Waals surface area contributed by atoms with E-state index in [0.29, 0.717) is 6.04 Å². The Hall–Kier alpha value is -1.02. The standard InChI is InChI=1S/C15H22N2/c1-11-8-14(10-16-11)12-5-6-15-13(9-12)4-3-7-17(15)2/h5-6,9,11,14,16H,3-4,7-8,10H2,1-2H3. The molecule has 2 heterocycles. The van der Waals surface area contributed by atoms with Crippen molar-refractivity contribution in [3.63, 3.8) is 0 Å². The summed E-state index contributed by atoms with van der Waals surface area (Å²) in [4.78, 5) is 2.39. The third-order valence-corrected chi connectivity index (χ3v) is 4.28. The van der Waals surface area contributed by atoms with Gasteiger partial charge in [-0.1, -0.05) is 12.1 Å². The van der Waals surface area contributed by atoms with Gasteiger partial charge in [-0.05, 0) is 49.3 Å². The van der Waals surface area contributed by atoms with Crippen molar-refractivity contribution in [2.75, 3.05) is 25.0 Å². The summed E-state index contributed by atoms with van der Waals surface area (Å²) < 4.78 is 0. The molecule has 2 aliphatic rings. The highest BCUT2D eigenvalue weighted by Crippen LogP contribution is 2.32. The molecule has 0 amide bonds. The first-order chi connectivity index (χ1) is 8.24. The molecule has 2 nitrogen and oxygen atoms in total. The van der Waals surface area contributed by atoms with Gasteiger partial charge in [-0.3, -0.25) is 0 Å². The Morgan fingerprint density at radius 3 is 3.00 bits per heavy atom. The van der Waals surface area contributed by atoms with Gasteiger partial charge in [0.05, 0.1) is 0 Å². The summed E-state index contributed by atoms with van der Waals surface area (Å²) in [7, 11) is 2.21. The van der Waals surface area contributed by atoms with Gasteiger partial charge in [-0.2, -0.15) is 0 Å². The van der Waals surface area contributed by atoms with Crippen molar-refractivity contribution in [3.05, 3.63) is 29.3 Å². The summed E-state index contributed by atoms with van der Waals surface area (Å²) in [6, 6.07) is 7.80. The summed E-state index contributed by atoms with van der Waals surface area (Å²) in [5.41, 5.74) is 4.53. The van der Waals surface area contributed by atoms with Crippen molar-refractivity contribution in [1.82, 2.24) is 5.32 Å². The van der Waals surface area contributed by atoms with Crippen LogP contribution in [-0.2, 0) is 6.42 Å². The Morgan fingerprint density at radius 2 is 2.24 bits per heavy atom. The van der Waals surface area contributed by atoms with Gasteiger partial charge in [0.1, 0.15) is 0 Å². The molecule has 0 aliphatic carbocycles. The van der Waals surface area contributed by atoms with Gasteiger partial charge >= 0.3 is 0 Å². The monoisotopic (exact) mass is 230 g/mol. The first-order valence-electron chi connectivity index (χ1n) is 6.81. The van der Waals surface area contributed by atoms with Crippen LogP contribution in [0, 0.1) is 0 Å². The van der Waals surface area contributed by atoms with Gasteiger partial charge in [0.2, 0.25) is 0 Å². The molecule has 2 atom stereocenters. The largest absolute Gasteiger partial charge is 0.374 e. The number of nitrogens with zero attached hydrogens (tertiary/aromatic N) is 1. The van der Waals surface area contributed by atoms with Crippen LogP contribution >= 0.6 is 0 Å². The molecule has 1 saturated heterocycles. The molecular weight excluding hydrogens is 208 g/mol. The summed E-state index contributed by atoms with van der Waals surface area (Å²) in [5, 5.41) is 3.55. The van der Waals surface area contributed by atoms with E-state index < -0.39 is 0 Å². The second kappa shape index (κ2) is 4.34. The molecule has 0 aromatic heterocycles. The van der Waals surface area contributed by atoms with E-state index in [2.05, 4.69) is 42.4 Å². The number of hydrogen-bond donors (Lipinski definition) is 1. The molecule has 1 fully saturated rings. The van der Waals surface area contributed by atoms with Crippen LogP contribution in [0.2, 0.25) is 0 Å². The predicted molar refractivity (Wildman–Crippen MR) is 72.9 cm³/mol. The number of rotatable bonds is 1. The molecule has 0 spiro atoms. The molecule has 1 N–H and O–H groups in total. The average Bonchev–Trinajstić information content (AvgIpc) is 2.76. The van der Waals surface area contributed by atoms with Gasteiger partial charge < -0.3 is 10.2 Å². The van der Waals surface area contributed by atoms with Crippen LogP contribution in [0.3, 0.4) is 0 Å². The van der Waals surface area contributed by atoms with Crippen LogP contribution in [0.25, 0.3) is 0 Å². The first kappa shape index (κ1) is 11.1. The highest BCUT2D eigenvalue weighted by Gasteiger charge is 2.23. The van der Waals surface area contributed by atoms with E-state index in [4.69, 9.17) is 0 Å². The van der Waals surface area contributed by atoms with Crippen LogP contribution in [0.1, 0.15) is 36.8 Å². The van der Waals surface area contributed by atoms with Crippen molar-refractivity contribution >= 4 is 5.69 Å². The summed E-state index contributed by atoms with van der Waals surface area (Å²) >= 11 is 0. The topological polar surface area (TPSA) is 15.3 Å². The third kappa shape index (κ3) is 2.06.